The second-order valence-electron chi connectivity index (χ2n) is 4.02. The van der Waals surface area contributed by atoms with Crippen molar-refractivity contribution in [3.63, 3.8) is 0 Å². The zero-order valence-electron chi connectivity index (χ0n) is 9.83. The number of rotatable bonds is 4. The van der Waals surface area contributed by atoms with Crippen molar-refractivity contribution < 1.29 is 13.2 Å². The molecule has 0 spiro atoms. The van der Waals surface area contributed by atoms with Crippen LogP contribution in [0.1, 0.15) is 30.9 Å². The van der Waals surface area contributed by atoms with Crippen molar-refractivity contribution >= 4 is 31.3 Å². The standard InChI is InChI=1S/C11H14Cl2O3S/c1-7(2)9-5-11(16-3)10(12)4-8(9)6-17(13,14)15/h4-5,7H,6H2,1-3H3. The molecule has 0 saturated heterocycles. The lowest BCUT2D eigenvalue weighted by atomic mass is 9.98. The van der Waals surface area contributed by atoms with Crippen LogP contribution in [0.3, 0.4) is 0 Å². The first-order chi connectivity index (χ1) is 7.74. The molecule has 0 heterocycles. The number of hydrogen-bond donors (Lipinski definition) is 0. The SMILES string of the molecule is COc1cc(C(C)C)c(CS(=O)(=O)Cl)cc1Cl. The van der Waals surface area contributed by atoms with E-state index < -0.39 is 9.05 Å². The minimum Gasteiger partial charge on any atom is -0.495 e. The first-order valence-electron chi connectivity index (χ1n) is 5.03. The molecule has 1 aromatic rings. The third-order valence-electron chi connectivity index (χ3n) is 2.36. The first kappa shape index (κ1) is 14.6. The molecular formula is C11H14Cl2O3S. The largest absolute Gasteiger partial charge is 0.495 e. The maximum Gasteiger partial charge on any atom is 0.236 e. The summed E-state index contributed by atoms with van der Waals surface area (Å²) in [5.74, 6) is 0.465. The lowest BCUT2D eigenvalue weighted by molar-refractivity contribution is 0.414. The topological polar surface area (TPSA) is 43.4 Å². The van der Waals surface area contributed by atoms with Crippen LogP contribution in [0.15, 0.2) is 12.1 Å². The van der Waals surface area contributed by atoms with E-state index in [0.717, 1.165) is 5.56 Å². The summed E-state index contributed by atoms with van der Waals surface area (Å²) in [5, 5.41) is 0.382. The van der Waals surface area contributed by atoms with Crippen LogP contribution >= 0.6 is 22.3 Å². The van der Waals surface area contributed by atoms with E-state index in [2.05, 4.69) is 0 Å². The van der Waals surface area contributed by atoms with Crippen LogP contribution in [0.2, 0.25) is 5.02 Å². The van der Waals surface area contributed by atoms with Gasteiger partial charge in [-0.3, -0.25) is 0 Å². The maximum absolute atomic E-state index is 11.1. The molecule has 0 atom stereocenters. The molecule has 1 rings (SSSR count). The van der Waals surface area contributed by atoms with Crippen LogP contribution in [0.25, 0.3) is 0 Å². The van der Waals surface area contributed by atoms with E-state index in [1.165, 1.54) is 7.11 Å². The third kappa shape index (κ3) is 4.05. The van der Waals surface area contributed by atoms with Crippen molar-refractivity contribution in [2.45, 2.75) is 25.5 Å². The Bertz CT molecular complexity index is 510. The third-order valence-corrected chi connectivity index (χ3v) is 3.64. The van der Waals surface area contributed by atoms with Crippen LogP contribution in [-0.4, -0.2) is 15.5 Å². The predicted molar refractivity (Wildman–Crippen MR) is 70.6 cm³/mol. The monoisotopic (exact) mass is 296 g/mol. The number of hydrogen-bond acceptors (Lipinski definition) is 3. The highest BCUT2D eigenvalue weighted by molar-refractivity contribution is 8.13. The minimum atomic E-state index is -3.60. The Hall–Kier alpha value is -0.450. The molecule has 0 aliphatic rings. The fourth-order valence-corrected chi connectivity index (χ4v) is 2.85. The van der Waals surface area contributed by atoms with Gasteiger partial charge in [-0.25, -0.2) is 8.42 Å². The van der Waals surface area contributed by atoms with Gasteiger partial charge >= 0.3 is 0 Å². The molecule has 0 radical (unpaired) electrons. The number of ether oxygens (including phenoxy) is 1. The van der Waals surface area contributed by atoms with Gasteiger partial charge in [-0.15, -0.1) is 0 Å². The molecule has 6 heteroatoms. The Kier molecular flexibility index (Phi) is 4.69. The quantitative estimate of drug-likeness (QED) is 0.798. The lowest BCUT2D eigenvalue weighted by Gasteiger charge is -2.14. The lowest BCUT2D eigenvalue weighted by Crippen LogP contribution is -2.02. The van der Waals surface area contributed by atoms with Crippen LogP contribution in [0.5, 0.6) is 5.75 Å². The fourth-order valence-electron chi connectivity index (χ4n) is 1.61. The van der Waals surface area contributed by atoms with E-state index in [-0.39, 0.29) is 11.7 Å². The van der Waals surface area contributed by atoms with Gasteiger partial charge in [0.25, 0.3) is 0 Å². The van der Waals surface area contributed by atoms with Crippen LogP contribution in [0.4, 0.5) is 0 Å². The molecule has 3 nitrogen and oxygen atoms in total. The van der Waals surface area contributed by atoms with E-state index in [9.17, 15) is 8.42 Å². The van der Waals surface area contributed by atoms with E-state index in [4.69, 9.17) is 27.0 Å². The summed E-state index contributed by atoms with van der Waals surface area (Å²) in [6.07, 6.45) is 0. The number of benzene rings is 1. The Morgan fingerprint density at radius 3 is 2.35 bits per heavy atom. The summed E-state index contributed by atoms with van der Waals surface area (Å²) in [6.45, 7) is 3.93. The molecule has 0 aliphatic carbocycles. The molecule has 0 unspecified atom stereocenters. The summed E-state index contributed by atoms with van der Waals surface area (Å²) in [6, 6.07) is 3.35. The van der Waals surface area contributed by atoms with Crippen molar-refractivity contribution in [3.8, 4) is 5.75 Å². The van der Waals surface area contributed by atoms with E-state index in [0.29, 0.717) is 16.3 Å². The van der Waals surface area contributed by atoms with Gasteiger partial charge in [0.2, 0.25) is 9.05 Å². The molecule has 0 saturated carbocycles. The minimum absolute atomic E-state index is 0.162. The van der Waals surface area contributed by atoms with E-state index in [1.54, 1.807) is 12.1 Å². The molecule has 0 amide bonds. The van der Waals surface area contributed by atoms with Crippen LogP contribution < -0.4 is 4.74 Å². The Morgan fingerprint density at radius 1 is 1.35 bits per heavy atom. The average Bonchev–Trinajstić information content (AvgIpc) is 2.14. The van der Waals surface area contributed by atoms with Gasteiger partial charge in [0.1, 0.15) is 5.75 Å². The van der Waals surface area contributed by atoms with Gasteiger partial charge in [-0.2, -0.15) is 0 Å². The molecule has 1 aromatic carbocycles. The number of halogens is 2. The highest BCUT2D eigenvalue weighted by Crippen LogP contribution is 2.33. The molecule has 0 aromatic heterocycles. The first-order valence-corrected chi connectivity index (χ1v) is 7.89. The molecule has 0 N–H and O–H groups in total. The van der Waals surface area contributed by atoms with Gasteiger partial charge in [0.05, 0.1) is 17.9 Å². The fraction of sp³-hybridized carbons (Fsp3) is 0.455. The summed E-state index contributed by atoms with van der Waals surface area (Å²) in [7, 11) is 3.19. The molecule has 17 heavy (non-hydrogen) atoms. The van der Waals surface area contributed by atoms with Crippen molar-refractivity contribution in [1.82, 2.24) is 0 Å². The summed E-state index contributed by atoms with van der Waals surface area (Å²) >= 11 is 5.97. The highest BCUT2D eigenvalue weighted by atomic mass is 35.7. The van der Waals surface area contributed by atoms with Crippen molar-refractivity contribution in [1.29, 1.82) is 0 Å². The summed E-state index contributed by atoms with van der Waals surface area (Å²) in [4.78, 5) is 0. The van der Waals surface area contributed by atoms with Gasteiger partial charge in [0.15, 0.2) is 0 Å². The Balaban J connectivity index is 3.33. The normalized spacial score (nSPS) is 11.9. The van der Waals surface area contributed by atoms with Gasteiger partial charge in [-0.1, -0.05) is 25.4 Å². The van der Waals surface area contributed by atoms with Gasteiger partial charge in [0, 0.05) is 10.7 Å². The predicted octanol–water partition coefficient (Wildman–Crippen LogP) is 3.54. The van der Waals surface area contributed by atoms with Gasteiger partial charge < -0.3 is 4.74 Å². The molecular weight excluding hydrogens is 283 g/mol. The van der Waals surface area contributed by atoms with Crippen molar-refractivity contribution in [2.24, 2.45) is 0 Å². The van der Waals surface area contributed by atoms with Crippen molar-refractivity contribution in [2.75, 3.05) is 7.11 Å². The summed E-state index contributed by atoms with van der Waals surface area (Å²) in [5.41, 5.74) is 1.48. The second-order valence-corrected chi connectivity index (χ2v) is 7.21. The molecule has 0 aliphatic heterocycles. The van der Waals surface area contributed by atoms with Crippen molar-refractivity contribution in [3.05, 3.63) is 28.3 Å². The van der Waals surface area contributed by atoms with Gasteiger partial charge in [-0.05, 0) is 29.2 Å². The van der Waals surface area contributed by atoms with E-state index >= 15 is 0 Å². The van der Waals surface area contributed by atoms with Crippen LogP contribution in [0, 0.1) is 0 Å². The molecule has 0 fully saturated rings. The second kappa shape index (κ2) is 5.46. The smallest absolute Gasteiger partial charge is 0.236 e. The Labute approximate surface area is 111 Å². The maximum atomic E-state index is 11.1. The Morgan fingerprint density at radius 2 is 1.94 bits per heavy atom. The number of methoxy groups -OCH3 is 1. The van der Waals surface area contributed by atoms with Crippen LogP contribution in [-0.2, 0) is 14.8 Å². The summed E-state index contributed by atoms with van der Waals surface area (Å²) < 4.78 is 27.4. The highest BCUT2D eigenvalue weighted by Gasteiger charge is 2.16. The molecule has 0 bridgehead atoms. The molecule has 96 valence electrons. The zero-order valence-corrected chi connectivity index (χ0v) is 12.2. The van der Waals surface area contributed by atoms with E-state index in [1.807, 2.05) is 13.8 Å². The zero-order chi connectivity index (χ0) is 13.2. The average molecular weight is 297 g/mol.